The van der Waals surface area contributed by atoms with Gasteiger partial charge in [0.05, 0.1) is 12.2 Å². The highest BCUT2D eigenvalue weighted by Crippen LogP contribution is 2.30. The number of aromatic nitrogens is 1. The second-order valence-electron chi connectivity index (χ2n) is 3.45. The predicted molar refractivity (Wildman–Crippen MR) is 72.5 cm³/mol. The molecule has 2 rings (SSSR count). The average molecular weight is 325 g/mol. The van der Waals surface area contributed by atoms with E-state index >= 15 is 0 Å². The van der Waals surface area contributed by atoms with E-state index in [9.17, 15) is 8.78 Å². The summed E-state index contributed by atoms with van der Waals surface area (Å²) >= 11 is 12.8. The van der Waals surface area contributed by atoms with Crippen molar-refractivity contribution in [1.29, 1.82) is 0 Å². The first-order chi connectivity index (χ1) is 9.04. The first kappa shape index (κ1) is 14.3. The van der Waals surface area contributed by atoms with Crippen molar-refractivity contribution in [3.05, 3.63) is 38.8 Å². The minimum atomic E-state index is -2.89. The van der Waals surface area contributed by atoms with Crippen molar-refractivity contribution in [2.24, 2.45) is 0 Å². The first-order valence-corrected chi connectivity index (χ1v) is 6.70. The van der Waals surface area contributed by atoms with Crippen LogP contribution in [0.3, 0.4) is 0 Å². The molecule has 0 saturated carbocycles. The summed E-state index contributed by atoms with van der Waals surface area (Å²) in [5, 5.41) is 3.38. The fourth-order valence-corrected chi connectivity index (χ4v) is 2.48. The molecule has 1 heterocycles. The zero-order valence-electron chi connectivity index (χ0n) is 9.37. The van der Waals surface area contributed by atoms with Crippen LogP contribution in [0.15, 0.2) is 24.4 Å². The van der Waals surface area contributed by atoms with Gasteiger partial charge in [-0.1, -0.05) is 23.2 Å². The fraction of sp³-hybridized carbons (Fsp3) is 0.182. The van der Waals surface area contributed by atoms with Gasteiger partial charge in [0, 0.05) is 16.1 Å². The maximum atomic E-state index is 12.3. The van der Waals surface area contributed by atoms with Gasteiger partial charge in [0.1, 0.15) is 5.75 Å². The summed E-state index contributed by atoms with van der Waals surface area (Å²) < 4.78 is 29.3. The van der Waals surface area contributed by atoms with E-state index in [1.54, 1.807) is 6.20 Å². The number of hydrogen-bond donors (Lipinski definition) is 1. The lowest BCUT2D eigenvalue weighted by Crippen LogP contribution is -2.06. The predicted octanol–water partition coefficient (Wildman–Crippen LogP) is 4.66. The Morgan fingerprint density at radius 3 is 2.79 bits per heavy atom. The van der Waals surface area contributed by atoms with Gasteiger partial charge >= 0.3 is 6.61 Å². The largest absolute Gasteiger partial charge is 0.433 e. The Morgan fingerprint density at radius 1 is 1.37 bits per heavy atom. The lowest BCUT2D eigenvalue weighted by molar-refractivity contribution is -0.0493. The van der Waals surface area contributed by atoms with Crippen LogP contribution in [0.2, 0.25) is 9.49 Å². The van der Waals surface area contributed by atoms with Gasteiger partial charge in [0.2, 0.25) is 0 Å². The molecule has 8 heteroatoms. The number of thiazole rings is 1. The quantitative estimate of drug-likeness (QED) is 0.868. The van der Waals surface area contributed by atoms with Crippen LogP contribution >= 0.6 is 34.5 Å². The molecule has 1 N–H and O–H groups in total. The molecule has 0 aliphatic carbocycles. The standard InChI is InChI=1S/C11H8Cl2F2N2OS/c12-6-1-2-9(18-11(14)15)8(3-6)16-4-7-5-17-10(13)19-7/h1-3,5,11,16H,4H2. The number of halogens is 4. The van der Waals surface area contributed by atoms with E-state index in [0.717, 1.165) is 4.88 Å². The van der Waals surface area contributed by atoms with Crippen LogP contribution in [0.1, 0.15) is 4.88 Å². The minimum Gasteiger partial charge on any atom is -0.433 e. The Hall–Kier alpha value is -1.11. The molecule has 0 radical (unpaired) electrons. The number of nitrogens with zero attached hydrogens (tertiary/aromatic N) is 1. The molecule has 0 spiro atoms. The van der Waals surface area contributed by atoms with Gasteiger partial charge < -0.3 is 10.1 Å². The van der Waals surface area contributed by atoms with Crippen molar-refractivity contribution in [3.63, 3.8) is 0 Å². The van der Waals surface area contributed by atoms with Gasteiger partial charge in [-0.25, -0.2) is 4.98 Å². The summed E-state index contributed by atoms with van der Waals surface area (Å²) in [4.78, 5) is 4.75. The van der Waals surface area contributed by atoms with Crippen LogP contribution in [0.5, 0.6) is 5.75 Å². The number of rotatable bonds is 5. The van der Waals surface area contributed by atoms with Crippen molar-refractivity contribution in [2.75, 3.05) is 5.32 Å². The van der Waals surface area contributed by atoms with Gasteiger partial charge in [-0.2, -0.15) is 8.78 Å². The zero-order chi connectivity index (χ0) is 13.8. The molecule has 0 unspecified atom stereocenters. The lowest BCUT2D eigenvalue weighted by Gasteiger charge is -2.12. The van der Waals surface area contributed by atoms with Gasteiger partial charge in [-0.3, -0.25) is 0 Å². The zero-order valence-corrected chi connectivity index (χ0v) is 11.7. The second-order valence-corrected chi connectivity index (χ2v) is 5.59. The molecule has 0 bridgehead atoms. The van der Waals surface area contributed by atoms with Crippen LogP contribution < -0.4 is 10.1 Å². The van der Waals surface area contributed by atoms with Crippen LogP contribution in [-0.2, 0) is 6.54 Å². The number of nitrogens with one attached hydrogen (secondary N) is 1. The molecular formula is C11H8Cl2F2N2OS. The highest BCUT2D eigenvalue weighted by Gasteiger charge is 2.10. The molecule has 0 fully saturated rings. The summed E-state index contributed by atoms with van der Waals surface area (Å²) in [5.41, 5.74) is 0.386. The lowest BCUT2D eigenvalue weighted by atomic mass is 10.3. The molecule has 0 amide bonds. The van der Waals surface area contributed by atoms with Crippen molar-refractivity contribution >= 4 is 40.2 Å². The molecule has 3 nitrogen and oxygen atoms in total. The second kappa shape index (κ2) is 6.36. The third kappa shape index (κ3) is 4.19. The monoisotopic (exact) mass is 324 g/mol. The van der Waals surface area contributed by atoms with Crippen LogP contribution in [0.25, 0.3) is 0 Å². The molecule has 0 aliphatic heterocycles. The van der Waals surface area contributed by atoms with E-state index < -0.39 is 6.61 Å². The molecule has 0 atom stereocenters. The Bertz CT molecular complexity index is 565. The Kier molecular flexibility index (Phi) is 4.79. The van der Waals surface area contributed by atoms with Gasteiger partial charge in [-0.05, 0) is 18.2 Å². The molecule has 2 aromatic rings. The fourth-order valence-electron chi connectivity index (χ4n) is 1.39. The van der Waals surface area contributed by atoms with Crippen molar-refractivity contribution in [1.82, 2.24) is 4.98 Å². The number of ether oxygens (including phenoxy) is 1. The normalized spacial score (nSPS) is 10.8. The summed E-state index contributed by atoms with van der Waals surface area (Å²) in [6, 6.07) is 4.38. The molecule has 19 heavy (non-hydrogen) atoms. The number of anilines is 1. The van der Waals surface area contributed by atoms with Gasteiger partial charge in [-0.15, -0.1) is 11.3 Å². The van der Waals surface area contributed by atoms with Crippen molar-refractivity contribution in [2.45, 2.75) is 13.2 Å². The minimum absolute atomic E-state index is 0.0370. The van der Waals surface area contributed by atoms with E-state index in [0.29, 0.717) is 21.7 Å². The summed E-state index contributed by atoms with van der Waals surface area (Å²) in [5.74, 6) is 0.0370. The summed E-state index contributed by atoms with van der Waals surface area (Å²) in [6.45, 7) is -2.50. The molecule has 1 aromatic carbocycles. The third-order valence-electron chi connectivity index (χ3n) is 2.14. The van der Waals surface area contributed by atoms with E-state index in [1.807, 2.05) is 0 Å². The SMILES string of the molecule is FC(F)Oc1ccc(Cl)cc1NCc1cnc(Cl)s1. The van der Waals surface area contributed by atoms with Crippen molar-refractivity contribution in [3.8, 4) is 5.75 Å². The van der Waals surface area contributed by atoms with E-state index in [-0.39, 0.29) is 5.75 Å². The van der Waals surface area contributed by atoms with Gasteiger partial charge in [0.15, 0.2) is 4.47 Å². The van der Waals surface area contributed by atoms with Crippen LogP contribution in [0.4, 0.5) is 14.5 Å². The number of hydrogen-bond acceptors (Lipinski definition) is 4. The van der Waals surface area contributed by atoms with Crippen molar-refractivity contribution < 1.29 is 13.5 Å². The smallest absolute Gasteiger partial charge is 0.387 e. The van der Waals surface area contributed by atoms with Crippen LogP contribution in [0, 0.1) is 0 Å². The maximum absolute atomic E-state index is 12.3. The summed E-state index contributed by atoms with van der Waals surface area (Å²) in [7, 11) is 0. The first-order valence-electron chi connectivity index (χ1n) is 5.13. The molecule has 0 aliphatic rings. The average Bonchev–Trinajstić information content (AvgIpc) is 2.75. The number of benzene rings is 1. The Morgan fingerprint density at radius 2 is 2.16 bits per heavy atom. The van der Waals surface area contributed by atoms with Crippen LogP contribution in [-0.4, -0.2) is 11.6 Å². The molecular weight excluding hydrogens is 317 g/mol. The molecule has 102 valence electrons. The highest BCUT2D eigenvalue weighted by molar-refractivity contribution is 7.15. The Labute approximate surface area is 122 Å². The highest BCUT2D eigenvalue weighted by atomic mass is 35.5. The van der Waals surface area contributed by atoms with E-state index in [1.165, 1.54) is 29.5 Å². The molecule has 1 aromatic heterocycles. The third-order valence-corrected chi connectivity index (χ3v) is 3.49. The topological polar surface area (TPSA) is 34.1 Å². The van der Waals surface area contributed by atoms with E-state index in [2.05, 4.69) is 15.0 Å². The molecule has 0 saturated heterocycles. The summed E-state index contributed by atoms with van der Waals surface area (Å²) in [6.07, 6.45) is 1.61. The Balaban J connectivity index is 2.11. The number of alkyl halides is 2. The van der Waals surface area contributed by atoms with E-state index in [4.69, 9.17) is 23.2 Å². The van der Waals surface area contributed by atoms with Gasteiger partial charge in [0.25, 0.3) is 0 Å². The maximum Gasteiger partial charge on any atom is 0.387 e.